The summed E-state index contributed by atoms with van der Waals surface area (Å²) in [5.41, 5.74) is 0.921. The van der Waals surface area contributed by atoms with Crippen molar-refractivity contribution in [2.75, 3.05) is 31.1 Å². The Bertz CT molecular complexity index is 657. The molecule has 0 aromatic heterocycles. The summed E-state index contributed by atoms with van der Waals surface area (Å²) >= 11 is 13.2. The Labute approximate surface area is 142 Å². The van der Waals surface area contributed by atoms with Crippen LogP contribution in [0.5, 0.6) is 0 Å². The highest BCUT2D eigenvalue weighted by atomic mass is 35.5. The number of benzene rings is 1. The van der Waals surface area contributed by atoms with Crippen LogP contribution >= 0.6 is 35.0 Å². The van der Waals surface area contributed by atoms with Gasteiger partial charge in [0, 0.05) is 32.4 Å². The van der Waals surface area contributed by atoms with Gasteiger partial charge < -0.3 is 9.80 Å². The lowest BCUT2D eigenvalue weighted by Gasteiger charge is -2.36. The predicted molar refractivity (Wildman–Crippen MR) is 89.5 cm³/mol. The molecule has 0 radical (unpaired) electrons. The Morgan fingerprint density at radius 2 is 1.86 bits per heavy atom. The van der Waals surface area contributed by atoms with E-state index in [9.17, 15) is 9.59 Å². The molecule has 116 valence electrons. The van der Waals surface area contributed by atoms with Gasteiger partial charge in [0.15, 0.2) is 0 Å². The number of piperazine rings is 1. The van der Waals surface area contributed by atoms with E-state index >= 15 is 0 Å². The van der Waals surface area contributed by atoms with Crippen molar-refractivity contribution in [1.82, 2.24) is 10.2 Å². The molecule has 2 heterocycles. The van der Waals surface area contributed by atoms with Crippen LogP contribution in [0, 0.1) is 0 Å². The number of hydrogen-bond donors (Lipinski definition) is 1. The summed E-state index contributed by atoms with van der Waals surface area (Å²) in [6.45, 7) is 3.02. The van der Waals surface area contributed by atoms with Gasteiger partial charge in [0.25, 0.3) is 11.1 Å². The van der Waals surface area contributed by atoms with E-state index in [2.05, 4.69) is 10.2 Å². The Hall–Kier alpha value is -1.37. The molecule has 2 saturated heterocycles. The highest BCUT2D eigenvalue weighted by molar-refractivity contribution is 8.18. The lowest BCUT2D eigenvalue weighted by atomic mass is 10.2. The minimum absolute atomic E-state index is 0.319. The number of anilines is 1. The van der Waals surface area contributed by atoms with Gasteiger partial charge in [-0.1, -0.05) is 29.3 Å². The van der Waals surface area contributed by atoms with Gasteiger partial charge in [-0.05, 0) is 23.9 Å². The van der Waals surface area contributed by atoms with Crippen molar-refractivity contribution in [2.45, 2.75) is 0 Å². The number of amides is 2. The molecule has 0 bridgehead atoms. The maximum atomic E-state index is 11.5. The normalized spacial score (nSPS) is 20.7. The molecule has 0 unspecified atom stereocenters. The van der Waals surface area contributed by atoms with Crippen LogP contribution in [0.25, 0.3) is 0 Å². The fraction of sp³-hybridized carbons (Fsp3) is 0.286. The topological polar surface area (TPSA) is 52.7 Å². The summed E-state index contributed by atoms with van der Waals surface area (Å²) in [5, 5.41) is 3.04. The lowest BCUT2D eigenvalue weighted by Crippen LogP contribution is -2.44. The molecule has 2 aliphatic rings. The second kappa shape index (κ2) is 6.40. The summed E-state index contributed by atoms with van der Waals surface area (Å²) in [5.74, 6) is -0.324. The zero-order chi connectivity index (χ0) is 15.7. The van der Waals surface area contributed by atoms with E-state index in [-0.39, 0.29) is 11.1 Å². The molecule has 22 heavy (non-hydrogen) atoms. The Balaban J connectivity index is 1.66. The molecular weight excluding hydrogens is 345 g/mol. The molecule has 5 nitrogen and oxygen atoms in total. The molecule has 1 aromatic carbocycles. The van der Waals surface area contributed by atoms with Crippen LogP contribution in [0.4, 0.5) is 10.5 Å². The predicted octanol–water partition coefficient (Wildman–Crippen LogP) is 2.94. The van der Waals surface area contributed by atoms with Crippen molar-refractivity contribution in [3.8, 4) is 0 Å². The molecule has 0 aliphatic carbocycles. The zero-order valence-corrected chi connectivity index (χ0v) is 13.8. The molecular formula is C14H13Cl2N3O2S. The largest absolute Gasteiger partial charge is 0.373 e. The minimum Gasteiger partial charge on any atom is -0.373 e. The van der Waals surface area contributed by atoms with E-state index in [0.717, 1.165) is 43.6 Å². The number of imide groups is 1. The molecule has 2 aliphatic heterocycles. The summed E-state index contributed by atoms with van der Waals surface area (Å²) in [4.78, 5) is 27.3. The first-order chi connectivity index (χ1) is 10.5. The van der Waals surface area contributed by atoms with E-state index in [1.165, 1.54) is 0 Å². The molecule has 1 N–H and O–H groups in total. The monoisotopic (exact) mass is 357 g/mol. The van der Waals surface area contributed by atoms with Crippen molar-refractivity contribution < 1.29 is 9.59 Å². The van der Waals surface area contributed by atoms with E-state index in [1.54, 1.807) is 12.3 Å². The van der Waals surface area contributed by atoms with Gasteiger partial charge in [-0.2, -0.15) is 0 Å². The van der Waals surface area contributed by atoms with E-state index in [0.29, 0.717) is 15.0 Å². The highest BCUT2D eigenvalue weighted by Gasteiger charge is 2.27. The van der Waals surface area contributed by atoms with Crippen molar-refractivity contribution in [1.29, 1.82) is 0 Å². The fourth-order valence-corrected chi connectivity index (χ4v) is 3.51. The molecule has 0 atom stereocenters. The second-order valence-corrected chi connectivity index (χ2v) is 6.73. The molecule has 3 rings (SSSR count). The summed E-state index contributed by atoms with van der Waals surface area (Å²) in [6, 6.07) is 5.59. The third-order valence-electron chi connectivity index (χ3n) is 3.53. The number of nitrogens with zero attached hydrogens (tertiary/aromatic N) is 2. The summed E-state index contributed by atoms with van der Waals surface area (Å²) in [7, 11) is 0. The summed E-state index contributed by atoms with van der Waals surface area (Å²) < 4.78 is 0. The smallest absolute Gasteiger partial charge is 0.290 e. The van der Waals surface area contributed by atoms with Gasteiger partial charge in [-0.3, -0.25) is 14.9 Å². The Morgan fingerprint density at radius 3 is 2.50 bits per heavy atom. The van der Waals surface area contributed by atoms with Gasteiger partial charge >= 0.3 is 0 Å². The first kappa shape index (κ1) is 15.5. The Kier molecular flexibility index (Phi) is 4.52. The third-order valence-corrected chi connectivity index (χ3v) is 5.14. The van der Waals surface area contributed by atoms with Crippen molar-refractivity contribution in [2.24, 2.45) is 0 Å². The van der Waals surface area contributed by atoms with Gasteiger partial charge in [0.05, 0.1) is 20.6 Å². The van der Waals surface area contributed by atoms with Crippen LogP contribution in [0.1, 0.15) is 0 Å². The maximum Gasteiger partial charge on any atom is 0.290 e. The molecule has 1 aromatic rings. The van der Waals surface area contributed by atoms with Crippen LogP contribution in [0.15, 0.2) is 29.3 Å². The highest BCUT2D eigenvalue weighted by Crippen LogP contribution is 2.33. The lowest BCUT2D eigenvalue weighted by molar-refractivity contribution is -0.115. The Morgan fingerprint density at radius 1 is 1.14 bits per heavy atom. The number of halogens is 2. The van der Waals surface area contributed by atoms with Crippen LogP contribution in [0.3, 0.4) is 0 Å². The number of rotatable bonds is 2. The SMILES string of the molecule is O=C1NC(=O)/C(=C/N2CCN(c3cccc(Cl)c3Cl)CC2)S1. The van der Waals surface area contributed by atoms with Crippen LogP contribution in [-0.4, -0.2) is 42.2 Å². The quantitative estimate of drug-likeness (QED) is 0.824. The number of carbonyl (C=O) groups is 2. The average Bonchev–Trinajstić information content (AvgIpc) is 2.81. The van der Waals surface area contributed by atoms with Crippen LogP contribution < -0.4 is 10.2 Å². The van der Waals surface area contributed by atoms with E-state index in [4.69, 9.17) is 23.2 Å². The standard InChI is InChI=1S/C14H13Cl2N3O2S/c15-9-2-1-3-10(12(9)16)19-6-4-18(5-7-19)8-11-13(20)17-14(21)22-11/h1-3,8H,4-7H2,(H,17,20,21)/b11-8-. The molecule has 0 saturated carbocycles. The number of thioether (sulfide) groups is 1. The third kappa shape index (κ3) is 3.19. The van der Waals surface area contributed by atoms with Crippen LogP contribution in [0.2, 0.25) is 10.0 Å². The maximum absolute atomic E-state index is 11.5. The first-order valence-electron chi connectivity index (χ1n) is 6.72. The molecule has 8 heteroatoms. The first-order valence-corrected chi connectivity index (χ1v) is 8.30. The van der Waals surface area contributed by atoms with Crippen molar-refractivity contribution in [3.63, 3.8) is 0 Å². The van der Waals surface area contributed by atoms with Gasteiger partial charge in [-0.25, -0.2) is 0 Å². The summed E-state index contributed by atoms with van der Waals surface area (Å²) in [6.07, 6.45) is 1.75. The van der Waals surface area contributed by atoms with Gasteiger partial charge in [-0.15, -0.1) is 0 Å². The van der Waals surface area contributed by atoms with Crippen LogP contribution in [-0.2, 0) is 4.79 Å². The zero-order valence-electron chi connectivity index (χ0n) is 11.5. The van der Waals surface area contributed by atoms with Gasteiger partial charge in [0.2, 0.25) is 0 Å². The van der Waals surface area contributed by atoms with Crippen molar-refractivity contribution in [3.05, 3.63) is 39.3 Å². The second-order valence-electron chi connectivity index (χ2n) is 4.93. The average molecular weight is 358 g/mol. The molecule has 2 fully saturated rings. The number of nitrogens with one attached hydrogen (secondary N) is 1. The van der Waals surface area contributed by atoms with E-state index in [1.807, 2.05) is 17.0 Å². The fourth-order valence-electron chi connectivity index (χ4n) is 2.41. The molecule has 0 spiro atoms. The minimum atomic E-state index is -0.324. The van der Waals surface area contributed by atoms with E-state index < -0.39 is 0 Å². The van der Waals surface area contributed by atoms with Crippen molar-refractivity contribution >= 4 is 51.8 Å². The number of hydrogen-bond acceptors (Lipinski definition) is 5. The molecule has 2 amide bonds. The van der Waals surface area contributed by atoms with Gasteiger partial charge in [0.1, 0.15) is 0 Å². The number of carbonyl (C=O) groups excluding carboxylic acids is 2.